The summed E-state index contributed by atoms with van der Waals surface area (Å²) in [4.78, 5) is 11.8. The van der Waals surface area contributed by atoms with E-state index in [1.54, 1.807) is 0 Å². The van der Waals surface area contributed by atoms with Crippen LogP contribution in [0.2, 0.25) is 0 Å². The van der Waals surface area contributed by atoms with Crippen molar-refractivity contribution < 1.29 is 4.79 Å². The summed E-state index contributed by atoms with van der Waals surface area (Å²) in [7, 11) is 0. The van der Waals surface area contributed by atoms with Gasteiger partial charge in [-0.3, -0.25) is 0 Å². The maximum absolute atomic E-state index is 11.8. The number of carbonyl (C=O) groups excluding carboxylic acids is 1. The largest absolute Gasteiger partial charge is 0.335 e. The number of nitrogens with two attached hydrogens (primary N) is 1. The van der Waals surface area contributed by atoms with Gasteiger partial charge in [-0.05, 0) is 52.9 Å². The van der Waals surface area contributed by atoms with Crippen LogP contribution in [0.25, 0.3) is 0 Å². The Balaban J connectivity index is 2.33. The minimum absolute atomic E-state index is 0.0443. The van der Waals surface area contributed by atoms with Crippen molar-refractivity contribution in [1.29, 1.82) is 0 Å². The first-order chi connectivity index (χ1) is 7.74. The Bertz CT molecular complexity index is 264. The van der Waals surface area contributed by atoms with Gasteiger partial charge in [-0.25, -0.2) is 4.79 Å². The molecule has 2 amide bonds. The van der Waals surface area contributed by atoms with E-state index >= 15 is 0 Å². The summed E-state index contributed by atoms with van der Waals surface area (Å²) < 4.78 is 0. The van der Waals surface area contributed by atoms with Gasteiger partial charge < -0.3 is 16.4 Å². The Kier molecular flexibility index (Phi) is 4.42. The van der Waals surface area contributed by atoms with Crippen LogP contribution in [-0.2, 0) is 0 Å². The normalized spacial score (nSPS) is 29.8. The monoisotopic (exact) mass is 241 g/mol. The van der Waals surface area contributed by atoms with Gasteiger partial charge >= 0.3 is 6.03 Å². The van der Waals surface area contributed by atoms with Crippen LogP contribution in [-0.4, -0.2) is 23.2 Å². The molecule has 4 nitrogen and oxygen atoms in total. The summed E-state index contributed by atoms with van der Waals surface area (Å²) in [5, 5.41) is 6.03. The second kappa shape index (κ2) is 5.25. The molecule has 4 N–H and O–H groups in total. The van der Waals surface area contributed by atoms with Crippen LogP contribution in [0.3, 0.4) is 0 Å². The molecule has 0 aromatic rings. The number of hydrogen-bond acceptors (Lipinski definition) is 2. The van der Waals surface area contributed by atoms with Gasteiger partial charge in [0.1, 0.15) is 0 Å². The number of nitrogens with one attached hydrogen (secondary N) is 2. The fourth-order valence-electron chi connectivity index (χ4n) is 2.04. The van der Waals surface area contributed by atoms with Crippen molar-refractivity contribution in [1.82, 2.24) is 10.6 Å². The SMILES string of the molecule is CCC(C)(C)NC(=O)NC1CCC(C)(N)CC1. The molecule has 0 aliphatic heterocycles. The minimum atomic E-state index is -0.138. The van der Waals surface area contributed by atoms with Crippen molar-refractivity contribution >= 4 is 6.03 Å². The van der Waals surface area contributed by atoms with Crippen LogP contribution in [0.15, 0.2) is 0 Å². The van der Waals surface area contributed by atoms with E-state index in [0.717, 1.165) is 32.1 Å². The molecular formula is C13H27N3O. The van der Waals surface area contributed by atoms with E-state index in [1.165, 1.54) is 0 Å². The van der Waals surface area contributed by atoms with Crippen LogP contribution in [0.5, 0.6) is 0 Å². The quantitative estimate of drug-likeness (QED) is 0.708. The lowest BCUT2D eigenvalue weighted by Crippen LogP contribution is -2.53. The Labute approximate surface area is 105 Å². The molecule has 0 aromatic heterocycles. The van der Waals surface area contributed by atoms with Crippen molar-refractivity contribution in [2.75, 3.05) is 0 Å². The van der Waals surface area contributed by atoms with Crippen LogP contribution >= 0.6 is 0 Å². The van der Waals surface area contributed by atoms with Gasteiger partial charge in [-0.15, -0.1) is 0 Å². The molecule has 1 aliphatic rings. The lowest BCUT2D eigenvalue weighted by Gasteiger charge is -2.35. The molecule has 0 unspecified atom stereocenters. The first-order valence-electron chi connectivity index (χ1n) is 6.62. The molecule has 1 rings (SSSR count). The molecule has 0 aromatic carbocycles. The predicted octanol–water partition coefficient (Wildman–Crippen LogP) is 2.13. The highest BCUT2D eigenvalue weighted by Crippen LogP contribution is 2.25. The lowest BCUT2D eigenvalue weighted by molar-refractivity contribution is 0.213. The molecule has 0 spiro atoms. The van der Waals surface area contributed by atoms with Crippen molar-refractivity contribution in [3.8, 4) is 0 Å². The molecule has 4 heteroatoms. The fraction of sp³-hybridized carbons (Fsp3) is 0.923. The number of rotatable bonds is 3. The van der Waals surface area contributed by atoms with Gasteiger partial charge in [0.2, 0.25) is 0 Å². The van der Waals surface area contributed by atoms with E-state index in [1.807, 2.05) is 13.8 Å². The topological polar surface area (TPSA) is 67.2 Å². The smallest absolute Gasteiger partial charge is 0.315 e. The Morgan fingerprint density at radius 3 is 2.41 bits per heavy atom. The fourth-order valence-corrected chi connectivity index (χ4v) is 2.04. The summed E-state index contributed by atoms with van der Waals surface area (Å²) in [6.45, 7) is 8.22. The van der Waals surface area contributed by atoms with E-state index in [2.05, 4.69) is 24.5 Å². The summed E-state index contributed by atoms with van der Waals surface area (Å²) in [6, 6.07) is 0.224. The third kappa shape index (κ3) is 4.94. The first kappa shape index (κ1) is 14.3. The summed E-state index contributed by atoms with van der Waals surface area (Å²) in [5.74, 6) is 0. The highest BCUT2D eigenvalue weighted by Gasteiger charge is 2.28. The highest BCUT2D eigenvalue weighted by atomic mass is 16.2. The standard InChI is InChI=1S/C13H27N3O/c1-5-12(2,3)16-11(17)15-10-6-8-13(4,14)9-7-10/h10H,5-9,14H2,1-4H3,(H2,15,16,17). The average Bonchev–Trinajstić information content (AvgIpc) is 2.20. The second-order valence-corrected chi connectivity index (χ2v) is 6.26. The zero-order valence-corrected chi connectivity index (χ0v) is 11.6. The van der Waals surface area contributed by atoms with Crippen molar-refractivity contribution in [2.45, 2.75) is 76.9 Å². The van der Waals surface area contributed by atoms with Gasteiger partial charge in [0.25, 0.3) is 0 Å². The molecule has 1 fully saturated rings. The lowest BCUT2D eigenvalue weighted by atomic mass is 9.82. The predicted molar refractivity (Wildman–Crippen MR) is 70.9 cm³/mol. The third-order valence-corrected chi connectivity index (χ3v) is 3.80. The number of amides is 2. The Morgan fingerprint density at radius 1 is 1.41 bits per heavy atom. The van der Waals surface area contributed by atoms with Gasteiger partial charge in [0.05, 0.1) is 0 Å². The van der Waals surface area contributed by atoms with Crippen LogP contribution < -0.4 is 16.4 Å². The first-order valence-corrected chi connectivity index (χ1v) is 6.62. The van der Waals surface area contributed by atoms with Crippen LogP contribution in [0.4, 0.5) is 4.79 Å². The molecule has 1 saturated carbocycles. The molecule has 17 heavy (non-hydrogen) atoms. The maximum atomic E-state index is 11.8. The zero-order chi connectivity index (χ0) is 13.1. The Morgan fingerprint density at radius 2 is 1.94 bits per heavy atom. The van der Waals surface area contributed by atoms with Gasteiger partial charge in [-0.2, -0.15) is 0 Å². The summed E-state index contributed by atoms with van der Waals surface area (Å²) in [6.07, 6.45) is 4.84. The molecule has 0 atom stereocenters. The van der Waals surface area contributed by atoms with Gasteiger partial charge in [0, 0.05) is 17.1 Å². The zero-order valence-electron chi connectivity index (χ0n) is 11.6. The molecule has 0 heterocycles. The van der Waals surface area contributed by atoms with E-state index < -0.39 is 0 Å². The maximum Gasteiger partial charge on any atom is 0.315 e. The van der Waals surface area contributed by atoms with E-state index in [4.69, 9.17) is 5.73 Å². The molecule has 100 valence electrons. The molecule has 0 bridgehead atoms. The van der Waals surface area contributed by atoms with Crippen molar-refractivity contribution in [3.63, 3.8) is 0 Å². The average molecular weight is 241 g/mol. The minimum Gasteiger partial charge on any atom is -0.335 e. The summed E-state index contributed by atoms with van der Waals surface area (Å²) >= 11 is 0. The number of hydrogen-bond donors (Lipinski definition) is 3. The highest BCUT2D eigenvalue weighted by molar-refractivity contribution is 5.75. The second-order valence-electron chi connectivity index (χ2n) is 6.26. The van der Waals surface area contributed by atoms with E-state index in [0.29, 0.717) is 0 Å². The van der Waals surface area contributed by atoms with E-state index in [-0.39, 0.29) is 23.2 Å². The van der Waals surface area contributed by atoms with Crippen molar-refractivity contribution in [3.05, 3.63) is 0 Å². The van der Waals surface area contributed by atoms with Crippen LogP contribution in [0.1, 0.15) is 59.8 Å². The van der Waals surface area contributed by atoms with Crippen LogP contribution in [0, 0.1) is 0 Å². The van der Waals surface area contributed by atoms with Gasteiger partial charge in [0.15, 0.2) is 0 Å². The Hall–Kier alpha value is -0.770. The summed E-state index contributed by atoms with van der Waals surface area (Å²) in [5.41, 5.74) is 5.88. The molecule has 0 radical (unpaired) electrons. The molecule has 0 saturated heterocycles. The number of carbonyl (C=O) groups is 1. The van der Waals surface area contributed by atoms with Gasteiger partial charge in [-0.1, -0.05) is 6.92 Å². The third-order valence-electron chi connectivity index (χ3n) is 3.80. The molecule has 1 aliphatic carbocycles. The number of urea groups is 1. The van der Waals surface area contributed by atoms with Crippen molar-refractivity contribution in [2.24, 2.45) is 5.73 Å². The van der Waals surface area contributed by atoms with E-state index in [9.17, 15) is 4.79 Å². The molecular weight excluding hydrogens is 214 g/mol.